The molecule has 0 rings (SSSR count). The molecule has 0 aromatic carbocycles. The van der Waals surface area contributed by atoms with Gasteiger partial charge >= 0.3 is 5.97 Å². The molecule has 0 radical (unpaired) electrons. The third-order valence-corrected chi connectivity index (χ3v) is 14.1. The number of allylic oxidation sites excluding steroid dienone is 5. The minimum atomic E-state index is -0.845. The summed E-state index contributed by atoms with van der Waals surface area (Å²) in [5, 5.41) is 22.9. The Labute approximate surface area is 430 Å². The number of unbranched alkanes of at least 4 members (excludes halogenated alkanes) is 42. The molecule has 0 saturated carbocycles. The molecule has 0 aliphatic carbocycles. The van der Waals surface area contributed by atoms with Crippen molar-refractivity contribution >= 4 is 11.9 Å². The lowest BCUT2D eigenvalue weighted by Gasteiger charge is -2.20. The first kappa shape index (κ1) is 67.1. The number of ether oxygens (including phenoxy) is 1. The second-order valence-corrected chi connectivity index (χ2v) is 21.0. The predicted molar refractivity (Wildman–Crippen MR) is 301 cm³/mol. The highest BCUT2D eigenvalue weighted by Gasteiger charge is 2.18. The Morgan fingerprint density at radius 2 is 0.681 bits per heavy atom. The van der Waals surface area contributed by atoms with Gasteiger partial charge in [-0.1, -0.05) is 269 Å². The lowest BCUT2D eigenvalue weighted by molar-refractivity contribution is -0.143. The molecular formula is C63H119NO5. The monoisotopic (exact) mass is 970 g/mol. The molecule has 2 atom stereocenters. The van der Waals surface area contributed by atoms with Gasteiger partial charge in [0.15, 0.2) is 0 Å². The van der Waals surface area contributed by atoms with Crippen molar-refractivity contribution in [1.82, 2.24) is 5.32 Å². The zero-order valence-corrected chi connectivity index (χ0v) is 46.3. The Bertz CT molecular complexity index is 1120. The number of amides is 1. The highest BCUT2D eigenvalue weighted by atomic mass is 16.5. The number of hydrogen-bond acceptors (Lipinski definition) is 5. The molecule has 1 amide bonds. The van der Waals surface area contributed by atoms with Crippen molar-refractivity contribution in [2.24, 2.45) is 0 Å². The fraction of sp³-hybridized carbons (Fsp3) is 0.873. The van der Waals surface area contributed by atoms with Crippen molar-refractivity contribution in [2.45, 2.75) is 341 Å². The predicted octanol–water partition coefficient (Wildman–Crippen LogP) is 19.2. The summed E-state index contributed by atoms with van der Waals surface area (Å²) in [4.78, 5) is 24.5. The molecule has 0 saturated heterocycles. The molecule has 0 aromatic rings. The van der Waals surface area contributed by atoms with Crippen molar-refractivity contribution < 1.29 is 24.5 Å². The number of hydrogen-bond donors (Lipinski definition) is 3. The van der Waals surface area contributed by atoms with Gasteiger partial charge in [-0.25, -0.2) is 0 Å². The fourth-order valence-corrected chi connectivity index (χ4v) is 9.39. The maximum atomic E-state index is 12.4. The topological polar surface area (TPSA) is 95.9 Å². The van der Waals surface area contributed by atoms with Gasteiger partial charge in [-0.3, -0.25) is 9.59 Å². The Morgan fingerprint density at radius 1 is 0.391 bits per heavy atom. The Morgan fingerprint density at radius 3 is 1.03 bits per heavy atom. The lowest BCUT2D eigenvalue weighted by atomic mass is 10.0. The summed E-state index contributed by atoms with van der Waals surface area (Å²) in [5.74, 6) is -0.0636. The normalized spacial score (nSPS) is 12.8. The molecule has 6 heteroatoms. The largest absolute Gasteiger partial charge is 0.466 e. The highest BCUT2D eigenvalue weighted by molar-refractivity contribution is 5.76. The number of nitrogens with one attached hydrogen (secondary N) is 1. The molecule has 69 heavy (non-hydrogen) atoms. The average molecular weight is 971 g/mol. The summed E-state index contributed by atoms with van der Waals surface area (Å²) in [6, 6.07) is -0.629. The second-order valence-electron chi connectivity index (χ2n) is 21.0. The van der Waals surface area contributed by atoms with Crippen molar-refractivity contribution in [1.29, 1.82) is 0 Å². The maximum absolute atomic E-state index is 12.4. The number of aliphatic hydroxyl groups excluding tert-OH is 2. The molecule has 0 aliphatic heterocycles. The number of aliphatic hydroxyl groups is 2. The van der Waals surface area contributed by atoms with Gasteiger partial charge in [0.2, 0.25) is 5.91 Å². The lowest BCUT2D eigenvalue weighted by Crippen LogP contribution is -2.45. The van der Waals surface area contributed by atoms with E-state index in [-0.39, 0.29) is 18.5 Å². The summed E-state index contributed by atoms with van der Waals surface area (Å²) in [7, 11) is 0. The van der Waals surface area contributed by atoms with Crippen LogP contribution in [0.15, 0.2) is 36.5 Å². The van der Waals surface area contributed by atoms with Crippen LogP contribution in [0.3, 0.4) is 0 Å². The second kappa shape index (κ2) is 58.6. The first-order chi connectivity index (χ1) is 34.0. The van der Waals surface area contributed by atoms with Crippen LogP contribution in [0, 0.1) is 0 Å². The van der Waals surface area contributed by atoms with Crippen LogP contribution in [0.2, 0.25) is 0 Å². The van der Waals surface area contributed by atoms with E-state index in [2.05, 4.69) is 43.5 Å². The van der Waals surface area contributed by atoms with E-state index in [0.29, 0.717) is 19.4 Å². The molecule has 0 bridgehead atoms. The minimum Gasteiger partial charge on any atom is -0.466 e. The van der Waals surface area contributed by atoms with E-state index in [0.717, 1.165) is 44.9 Å². The van der Waals surface area contributed by atoms with Gasteiger partial charge in [0.05, 0.1) is 25.4 Å². The fourth-order valence-electron chi connectivity index (χ4n) is 9.39. The summed E-state index contributed by atoms with van der Waals surface area (Å²) in [6.45, 7) is 4.88. The third-order valence-electron chi connectivity index (χ3n) is 14.1. The molecule has 0 heterocycles. The van der Waals surface area contributed by atoms with Crippen molar-refractivity contribution in [2.75, 3.05) is 13.2 Å². The molecular weight excluding hydrogens is 851 g/mol. The van der Waals surface area contributed by atoms with Crippen molar-refractivity contribution in [3.8, 4) is 0 Å². The molecule has 406 valence electrons. The summed E-state index contributed by atoms with van der Waals surface area (Å²) in [6.07, 6.45) is 73.4. The van der Waals surface area contributed by atoms with Gasteiger partial charge in [-0.2, -0.15) is 0 Å². The zero-order chi connectivity index (χ0) is 50.0. The van der Waals surface area contributed by atoms with E-state index in [1.54, 1.807) is 6.08 Å². The smallest absolute Gasteiger partial charge is 0.305 e. The van der Waals surface area contributed by atoms with E-state index >= 15 is 0 Å². The minimum absolute atomic E-state index is 0.0114. The van der Waals surface area contributed by atoms with Crippen LogP contribution in [0.25, 0.3) is 0 Å². The van der Waals surface area contributed by atoms with E-state index < -0.39 is 12.1 Å². The van der Waals surface area contributed by atoms with Crippen LogP contribution >= 0.6 is 0 Å². The van der Waals surface area contributed by atoms with Gasteiger partial charge in [0, 0.05) is 12.8 Å². The average Bonchev–Trinajstić information content (AvgIpc) is 3.35. The molecule has 2 unspecified atom stereocenters. The van der Waals surface area contributed by atoms with Gasteiger partial charge in [0.1, 0.15) is 0 Å². The first-order valence-electron chi connectivity index (χ1n) is 30.8. The van der Waals surface area contributed by atoms with E-state index in [1.165, 1.54) is 257 Å². The van der Waals surface area contributed by atoms with Crippen LogP contribution in [-0.4, -0.2) is 47.4 Å². The van der Waals surface area contributed by atoms with E-state index in [1.807, 2.05) is 6.08 Å². The number of esters is 1. The molecule has 0 aromatic heterocycles. The number of carbonyl (C=O) groups excluding carboxylic acids is 2. The van der Waals surface area contributed by atoms with E-state index in [9.17, 15) is 19.8 Å². The Hall–Kier alpha value is -1.92. The number of rotatable bonds is 57. The Kier molecular flexibility index (Phi) is 57.0. The molecule has 3 N–H and O–H groups in total. The van der Waals surface area contributed by atoms with Gasteiger partial charge in [-0.05, 0) is 83.5 Å². The van der Waals surface area contributed by atoms with Gasteiger partial charge in [0.25, 0.3) is 0 Å². The van der Waals surface area contributed by atoms with Crippen LogP contribution in [0.1, 0.15) is 328 Å². The van der Waals surface area contributed by atoms with Crippen LogP contribution in [0.5, 0.6) is 0 Å². The van der Waals surface area contributed by atoms with Crippen LogP contribution < -0.4 is 5.32 Å². The molecule has 0 fully saturated rings. The van der Waals surface area contributed by atoms with E-state index in [4.69, 9.17) is 4.74 Å². The van der Waals surface area contributed by atoms with Gasteiger partial charge in [-0.15, -0.1) is 0 Å². The zero-order valence-electron chi connectivity index (χ0n) is 46.3. The summed E-state index contributed by atoms with van der Waals surface area (Å²) < 4.78 is 5.50. The van der Waals surface area contributed by atoms with Crippen molar-refractivity contribution in [3.63, 3.8) is 0 Å². The number of carbonyl (C=O) groups is 2. The summed E-state index contributed by atoms with van der Waals surface area (Å²) >= 11 is 0. The molecule has 0 spiro atoms. The maximum Gasteiger partial charge on any atom is 0.305 e. The van der Waals surface area contributed by atoms with Crippen LogP contribution in [0.4, 0.5) is 0 Å². The quantitative estimate of drug-likeness (QED) is 0.0321. The van der Waals surface area contributed by atoms with Gasteiger partial charge < -0.3 is 20.3 Å². The third kappa shape index (κ3) is 55.2. The Balaban J connectivity index is 3.37. The molecule has 6 nitrogen and oxygen atoms in total. The van der Waals surface area contributed by atoms with Crippen molar-refractivity contribution in [3.05, 3.63) is 36.5 Å². The SMILES string of the molecule is CCCCCCCC/C=C\CCCCCCCCCCCC(=O)OCCCCCCCCCCCCCC/C=C\CCCCCCCCCCC(=O)NC(CO)C(O)/C=C/CCCCCCCCC. The standard InChI is InChI=1S/C63H119NO5/c1-3-5-7-9-11-13-14-15-16-17-24-28-31-34-37-41-45-49-53-57-63(68)69-58-54-50-46-42-38-35-32-29-26-23-21-19-18-20-22-25-27-30-33-36-40-44-48-52-56-62(67)64-60(59-65)61(66)55-51-47-43-39-12-10-8-6-4-2/h15-16,20,22,51,55,60-61,65-66H,3-14,17-19,21,23-50,52-54,56-59H2,1-2H3,(H,64,67)/b16-15-,22-20-,55-51+. The molecule has 0 aliphatic rings. The summed E-state index contributed by atoms with van der Waals surface area (Å²) in [5.41, 5.74) is 0. The highest BCUT2D eigenvalue weighted by Crippen LogP contribution is 2.16. The van der Waals surface area contributed by atoms with Crippen LogP contribution in [-0.2, 0) is 14.3 Å². The first-order valence-corrected chi connectivity index (χ1v) is 30.8.